The standard InChI is InChI=1S/C14H18N2O2S/c15-13(19)9-18-12-7-5-11(6-8-12)16-14(17)10-3-1-2-4-10/h5-8,10H,1-4,9H2,(H2,15,19)(H,16,17). The maximum absolute atomic E-state index is 11.9. The summed E-state index contributed by atoms with van der Waals surface area (Å²) in [6, 6.07) is 7.23. The third kappa shape index (κ3) is 4.21. The van der Waals surface area contributed by atoms with E-state index in [1.54, 1.807) is 12.1 Å². The molecule has 0 spiro atoms. The lowest BCUT2D eigenvalue weighted by Crippen LogP contribution is -2.20. The second-order valence-electron chi connectivity index (χ2n) is 4.75. The minimum absolute atomic E-state index is 0.120. The fourth-order valence-corrected chi connectivity index (χ4v) is 2.28. The summed E-state index contributed by atoms with van der Waals surface area (Å²) >= 11 is 4.73. The maximum Gasteiger partial charge on any atom is 0.227 e. The minimum atomic E-state index is 0.120. The van der Waals surface area contributed by atoms with Crippen molar-refractivity contribution in [2.75, 3.05) is 11.9 Å². The van der Waals surface area contributed by atoms with Crippen molar-refractivity contribution in [2.24, 2.45) is 11.7 Å². The number of hydrogen-bond donors (Lipinski definition) is 2. The lowest BCUT2D eigenvalue weighted by molar-refractivity contribution is -0.119. The Hall–Kier alpha value is -1.62. The van der Waals surface area contributed by atoms with E-state index in [1.165, 1.54) is 0 Å². The van der Waals surface area contributed by atoms with Crippen molar-refractivity contribution in [3.8, 4) is 5.75 Å². The zero-order valence-electron chi connectivity index (χ0n) is 10.7. The largest absolute Gasteiger partial charge is 0.487 e. The summed E-state index contributed by atoms with van der Waals surface area (Å²) in [5.74, 6) is 0.978. The first-order chi connectivity index (χ1) is 9.15. The smallest absolute Gasteiger partial charge is 0.227 e. The predicted molar refractivity (Wildman–Crippen MR) is 79.3 cm³/mol. The Kier molecular flexibility index (Phi) is 4.74. The number of ether oxygens (including phenoxy) is 1. The van der Waals surface area contributed by atoms with E-state index in [4.69, 9.17) is 22.7 Å². The summed E-state index contributed by atoms with van der Waals surface area (Å²) in [6.07, 6.45) is 4.32. The molecule has 0 aliphatic heterocycles. The Morgan fingerprint density at radius 3 is 2.53 bits per heavy atom. The third-order valence-corrected chi connectivity index (χ3v) is 3.35. The van der Waals surface area contributed by atoms with Gasteiger partial charge in [0.1, 0.15) is 17.3 Å². The van der Waals surface area contributed by atoms with E-state index in [1.807, 2.05) is 12.1 Å². The van der Waals surface area contributed by atoms with Gasteiger partial charge < -0.3 is 15.8 Å². The van der Waals surface area contributed by atoms with Gasteiger partial charge in [0.05, 0.1) is 0 Å². The average Bonchev–Trinajstić information content (AvgIpc) is 2.92. The number of carbonyl (C=O) groups excluding carboxylic acids is 1. The molecule has 102 valence electrons. The Labute approximate surface area is 118 Å². The van der Waals surface area contributed by atoms with Gasteiger partial charge in [0, 0.05) is 11.6 Å². The molecule has 1 saturated carbocycles. The number of hydrogen-bond acceptors (Lipinski definition) is 3. The fraction of sp³-hybridized carbons (Fsp3) is 0.429. The normalized spacial score (nSPS) is 15.2. The molecular weight excluding hydrogens is 260 g/mol. The molecule has 0 atom stereocenters. The third-order valence-electron chi connectivity index (χ3n) is 3.23. The fourth-order valence-electron chi connectivity index (χ4n) is 2.22. The monoisotopic (exact) mass is 278 g/mol. The van der Waals surface area contributed by atoms with Gasteiger partial charge in [-0.25, -0.2) is 0 Å². The zero-order valence-corrected chi connectivity index (χ0v) is 11.5. The van der Waals surface area contributed by atoms with Gasteiger partial charge >= 0.3 is 0 Å². The van der Waals surface area contributed by atoms with Crippen LogP contribution >= 0.6 is 12.2 Å². The van der Waals surface area contributed by atoms with E-state index >= 15 is 0 Å². The topological polar surface area (TPSA) is 64.3 Å². The SMILES string of the molecule is NC(=S)COc1ccc(NC(=O)C2CCCC2)cc1. The molecule has 2 rings (SSSR count). The molecule has 1 aliphatic carbocycles. The van der Waals surface area contributed by atoms with Crippen LogP contribution in [0.25, 0.3) is 0 Å². The molecule has 5 heteroatoms. The lowest BCUT2D eigenvalue weighted by atomic mass is 10.1. The first-order valence-electron chi connectivity index (χ1n) is 6.47. The number of nitrogens with one attached hydrogen (secondary N) is 1. The Balaban J connectivity index is 1.87. The van der Waals surface area contributed by atoms with Crippen LogP contribution in [-0.2, 0) is 4.79 Å². The predicted octanol–water partition coefficient (Wildman–Crippen LogP) is 2.48. The summed E-state index contributed by atoms with van der Waals surface area (Å²) in [5.41, 5.74) is 6.15. The molecule has 0 heterocycles. The van der Waals surface area contributed by atoms with Crippen LogP contribution in [0.5, 0.6) is 5.75 Å². The summed E-state index contributed by atoms with van der Waals surface area (Å²) in [6.45, 7) is 0.225. The molecule has 3 N–H and O–H groups in total. The van der Waals surface area contributed by atoms with E-state index in [9.17, 15) is 4.79 Å². The molecule has 1 aromatic rings. The van der Waals surface area contributed by atoms with Gasteiger partial charge in [-0.15, -0.1) is 0 Å². The van der Waals surface area contributed by atoms with Gasteiger partial charge in [0.25, 0.3) is 0 Å². The molecule has 0 radical (unpaired) electrons. The molecule has 1 amide bonds. The molecule has 1 fully saturated rings. The van der Waals surface area contributed by atoms with Crippen molar-refractivity contribution in [3.63, 3.8) is 0 Å². The molecule has 0 unspecified atom stereocenters. The Morgan fingerprint density at radius 2 is 1.95 bits per heavy atom. The second kappa shape index (κ2) is 6.52. The number of carbonyl (C=O) groups is 1. The Morgan fingerprint density at radius 1 is 1.32 bits per heavy atom. The highest BCUT2D eigenvalue weighted by Crippen LogP contribution is 2.26. The lowest BCUT2D eigenvalue weighted by Gasteiger charge is -2.11. The number of amides is 1. The van der Waals surface area contributed by atoms with Gasteiger partial charge in [-0.3, -0.25) is 4.79 Å². The molecular formula is C14H18N2O2S. The van der Waals surface area contributed by atoms with Crippen LogP contribution in [0.3, 0.4) is 0 Å². The number of rotatable bonds is 5. The van der Waals surface area contributed by atoms with Crippen LogP contribution in [-0.4, -0.2) is 17.5 Å². The van der Waals surface area contributed by atoms with E-state index in [2.05, 4.69) is 5.32 Å². The van der Waals surface area contributed by atoms with Crippen molar-refractivity contribution >= 4 is 28.8 Å². The summed E-state index contributed by atoms with van der Waals surface area (Å²) in [7, 11) is 0. The highest BCUT2D eigenvalue weighted by molar-refractivity contribution is 7.80. The van der Waals surface area contributed by atoms with Crippen molar-refractivity contribution in [1.29, 1.82) is 0 Å². The summed E-state index contributed by atoms with van der Waals surface area (Å²) in [4.78, 5) is 12.3. The first kappa shape index (κ1) is 13.8. The molecule has 19 heavy (non-hydrogen) atoms. The van der Waals surface area contributed by atoms with Crippen LogP contribution in [0.4, 0.5) is 5.69 Å². The molecule has 1 aromatic carbocycles. The van der Waals surface area contributed by atoms with E-state index in [0.717, 1.165) is 31.4 Å². The number of benzene rings is 1. The minimum Gasteiger partial charge on any atom is -0.487 e. The van der Waals surface area contributed by atoms with E-state index in [0.29, 0.717) is 10.7 Å². The van der Waals surface area contributed by atoms with Crippen LogP contribution in [0.15, 0.2) is 24.3 Å². The van der Waals surface area contributed by atoms with E-state index in [-0.39, 0.29) is 18.4 Å². The summed E-state index contributed by atoms with van der Waals surface area (Å²) < 4.78 is 5.35. The van der Waals surface area contributed by atoms with Crippen LogP contribution < -0.4 is 15.8 Å². The van der Waals surface area contributed by atoms with Crippen LogP contribution in [0, 0.1) is 5.92 Å². The molecule has 1 aliphatic rings. The van der Waals surface area contributed by atoms with E-state index < -0.39 is 0 Å². The van der Waals surface area contributed by atoms with Gasteiger partial charge in [-0.1, -0.05) is 25.1 Å². The summed E-state index contributed by atoms with van der Waals surface area (Å²) in [5, 5.41) is 2.93. The highest BCUT2D eigenvalue weighted by atomic mass is 32.1. The zero-order chi connectivity index (χ0) is 13.7. The van der Waals surface area contributed by atoms with Crippen molar-refractivity contribution < 1.29 is 9.53 Å². The van der Waals surface area contributed by atoms with Gasteiger partial charge in [-0.2, -0.15) is 0 Å². The first-order valence-corrected chi connectivity index (χ1v) is 6.88. The van der Waals surface area contributed by atoms with Gasteiger partial charge in [-0.05, 0) is 37.1 Å². The highest BCUT2D eigenvalue weighted by Gasteiger charge is 2.22. The molecule has 0 aromatic heterocycles. The van der Waals surface area contributed by atoms with Crippen LogP contribution in [0.2, 0.25) is 0 Å². The molecule has 0 saturated heterocycles. The number of nitrogens with two attached hydrogens (primary N) is 1. The quantitative estimate of drug-likeness (QED) is 0.812. The van der Waals surface area contributed by atoms with Crippen LogP contribution in [0.1, 0.15) is 25.7 Å². The van der Waals surface area contributed by atoms with Crippen molar-refractivity contribution in [2.45, 2.75) is 25.7 Å². The number of anilines is 1. The number of thiocarbonyl (C=S) groups is 1. The maximum atomic E-state index is 11.9. The molecule has 0 bridgehead atoms. The second-order valence-corrected chi connectivity index (χ2v) is 5.27. The average molecular weight is 278 g/mol. The van der Waals surface area contributed by atoms with Crippen molar-refractivity contribution in [3.05, 3.63) is 24.3 Å². The van der Waals surface area contributed by atoms with Gasteiger partial charge in [0.2, 0.25) is 5.91 Å². The Bertz CT molecular complexity index is 453. The van der Waals surface area contributed by atoms with Crippen molar-refractivity contribution in [1.82, 2.24) is 0 Å². The molecule has 4 nitrogen and oxygen atoms in total. The van der Waals surface area contributed by atoms with Gasteiger partial charge in [0.15, 0.2) is 0 Å².